The quantitative estimate of drug-likeness (QED) is 0.843. The molecule has 1 saturated heterocycles. The maximum absolute atomic E-state index is 5.49. The van der Waals surface area contributed by atoms with E-state index in [1.54, 1.807) is 7.11 Å². The molecule has 0 amide bonds. The highest BCUT2D eigenvalue weighted by molar-refractivity contribution is 9.10. The Kier molecular flexibility index (Phi) is 6.52. The molecule has 1 aliphatic heterocycles. The van der Waals surface area contributed by atoms with E-state index in [2.05, 4.69) is 46.1 Å². The third-order valence-corrected chi connectivity index (χ3v) is 4.55. The summed E-state index contributed by atoms with van der Waals surface area (Å²) >= 11 is 3.56. The van der Waals surface area contributed by atoms with E-state index in [0.717, 1.165) is 29.2 Å². The van der Waals surface area contributed by atoms with Gasteiger partial charge in [-0.2, -0.15) is 0 Å². The van der Waals surface area contributed by atoms with Crippen LogP contribution in [0.1, 0.15) is 32.3 Å². The second-order valence-electron chi connectivity index (χ2n) is 6.26. The van der Waals surface area contributed by atoms with Crippen molar-refractivity contribution in [3.63, 3.8) is 0 Å². The minimum Gasteiger partial charge on any atom is -0.496 e. The molecule has 1 N–H and O–H groups in total. The van der Waals surface area contributed by atoms with E-state index in [9.17, 15) is 0 Å². The molecule has 4 heteroatoms. The molecule has 1 fully saturated rings. The summed E-state index contributed by atoms with van der Waals surface area (Å²) in [6.07, 6.45) is 2.63. The highest BCUT2D eigenvalue weighted by Crippen LogP contribution is 2.26. The van der Waals surface area contributed by atoms with Gasteiger partial charge in [0.1, 0.15) is 5.75 Å². The second kappa shape index (κ2) is 8.16. The van der Waals surface area contributed by atoms with Gasteiger partial charge in [0.05, 0.1) is 7.11 Å². The van der Waals surface area contributed by atoms with Crippen LogP contribution in [0.25, 0.3) is 0 Å². The molecular weight excluding hydrogens is 328 g/mol. The number of likely N-dealkylation sites (tertiary alicyclic amines) is 1. The van der Waals surface area contributed by atoms with E-state index in [4.69, 9.17) is 4.74 Å². The van der Waals surface area contributed by atoms with Gasteiger partial charge in [-0.25, -0.2) is 0 Å². The Morgan fingerprint density at radius 2 is 2.24 bits per heavy atom. The average Bonchev–Trinajstić information content (AvgIpc) is 2.46. The molecule has 21 heavy (non-hydrogen) atoms. The number of nitrogens with zero attached hydrogens (tertiary/aromatic N) is 1. The predicted octanol–water partition coefficient (Wildman–Crippen LogP) is 3.67. The van der Waals surface area contributed by atoms with Gasteiger partial charge in [-0.05, 0) is 50.0 Å². The lowest BCUT2D eigenvalue weighted by Crippen LogP contribution is -2.40. The van der Waals surface area contributed by atoms with Crippen LogP contribution in [-0.2, 0) is 6.54 Å². The minimum atomic E-state index is 0.575. The maximum Gasteiger partial charge on any atom is 0.123 e. The first-order chi connectivity index (χ1) is 10.1. The SMILES string of the molecule is COc1ccc(Br)cc1CN1CCCC(CNC(C)C)C1. The molecule has 0 spiro atoms. The molecule has 2 rings (SSSR count). The van der Waals surface area contributed by atoms with Crippen molar-refractivity contribution in [1.29, 1.82) is 0 Å². The summed E-state index contributed by atoms with van der Waals surface area (Å²) in [7, 11) is 1.75. The van der Waals surface area contributed by atoms with Crippen LogP contribution in [0, 0.1) is 5.92 Å². The van der Waals surface area contributed by atoms with Crippen molar-refractivity contribution in [1.82, 2.24) is 10.2 Å². The zero-order valence-corrected chi connectivity index (χ0v) is 14.9. The van der Waals surface area contributed by atoms with E-state index in [0.29, 0.717) is 6.04 Å². The number of hydrogen-bond acceptors (Lipinski definition) is 3. The fourth-order valence-electron chi connectivity index (χ4n) is 2.98. The predicted molar refractivity (Wildman–Crippen MR) is 91.8 cm³/mol. The molecule has 0 aromatic heterocycles. The molecule has 1 aromatic rings. The first kappa shape index (κ1) is 16.8. The molecule has 0 bridgehead atoms. The summed E-state index contributed by atoms with van der Waals surface area (Å²) in [6.45, 7) is 8.90. The summed E-state index contributed by atoms with van der Waals surface area (Å²) in [5, 5.41) is 3.57. The van der Waals surface area contributed by atoms with Crippen LogP contribution in [0.15, 0.2) is 22.7 Å². The van der Waals surface area contributed by atoms with Gasteiger partial charge < -0.3 is 10.1 Å². The molecular formula is C17H27BrN2O. The summed E-state index contributed by atoms with van der Waals surface area (Å²) < 4.78 is 6.61. The first-order valence-electron chi connectivity index (χ1n) is 7.86. The fourth-order valence-corrected chi connectivity index (χ4v) is 3.38. The van der Waals surface area contributed by atoms with Crippen molar-refractivity contribution in [2.45, 2.75) is 39.3 Å². The standard InChI is InChI=1S/C17H27BrN2O/c1-13(2)19-10-14-5-4-8-20(11-14)12-15-9-16(18)6-7-17(15)21-3/h6-7,9,13-14,19H,4-5,8,10-12H2,1-3H3. The monoisotopic (exact) mass is 354 g/mol. The van der Waals surface area contributed by atoms with Gasteiger partial charge in [0.15, 0.2) is 0 Å². The lowest BCUT2D eigenvalue weighted by molar-refractivity contribution is 0.162. The number of hydrogen-bond donors (Lipinski definition) is 1. The lowest BCUT2D eigenvalue weighted by Gasteiger charge is -2.33. The average molecular weight is 355 g/mol. The van der Waals surface area contributed by atoms with Crippen molar-refractivity contribution in [2.24, 2.45) is 5.92 Å². The van der Waals surface area contributed by atoms with Crippen molar-refractivity contribution in [2.75, 3.05) is 26.7 Å². The van der Waals surface area contributed by atoms with Crippen LogP contribution in [0.2, 0.25) is 0 Å². The number of halogens is 1. The Morgan fingerprint density at radius 1 is 1.43 bits per heavy atom. The molecule has 1 aromatic carbocycles. The molecule has 0 radical (unpaired) electrons. The molecule has 1 unspecified atom stereocenters. The largest absolute Gasteiger partial charge is 0.496 e. The lowest BCUT2D eigenvalue weighted by atomic mass is 9.97. The van der Waals surface area contributed by atoms with Gasteiger partial charge in [-0.3, -0.25) is 4.90 Å². The molecule has 1 atom stereocenters. The van der Waals surface area contributed by atoms with Crippen LogP contribution in [-0.4, -0.2) is 37.7 Å². The van der Waals surface area contributed by atoms with Crippen molar-refractivity contribution in [3.05, 3.63) is 28.2 Å². The topological polar surface area (TPSA) is 24.5 Å². The molecule has 0 aliphatic carbocycles. The van der Waals surface area contributed by atoms with E-state index in [-0.39, 0.29) is 0 Å². The first-order valence-corrected chi connectivity index (χ1v) is 8.66. The Bertz CT molecular complexity index is 450. The van der Waals surface area contributed by atoms with E-state index in [1.165, 1.54) is 31.5 Å². The van der Waals surface area contributed by atoms with Crippen LogP contribution in [0.3, 0.4) is 0 Å². The Balaban J connectivity index is 1.94. The number of methoxy groups -OCH3 is 1. The van der Waals surface area contributed by atoms with Crippen LogP contribution < -0.4 is 10.1 Å². The Hall–Kier alpha value is -0.580. The van der Waals surface area contributed by atoms with Crippen molar-refractivity contribution >= 4 is 15.9 Å². The van der Waals surface area contributed by atoms with Crippen LogP contribution >= 0.6 is 15.9 Å². The normalized spacial score (nSPS) is 20.0. The number of nitrogens with one attached hydrogen (secondary N) is 1. The molecule has 1 aliphatic rings. The third-order valence-electron chi connectivity index (χ3n) is 4.05. The van der Waals surface area contributed by atoms with Gasteiger partial charge >= 0.3 is 0 Å². The summed E-state index contributed by atoms with van der Waals surface area (Å²) in [6, 6.07) is 6.83. The number of ether oxygens (including phenoxy) is 1. The molecule has 1 heterocycles. The second-order valence-corrected chi connectivity index (χ2v) is 7.18. The summed E-state index contributed by atoms with van der Waals surface area (Å²) in [5.41, 5.74) is 1.27. The Morgan fingerprint density at radius 3 is 2.95 bits per heavy atom. The van der Waals surface area contributed by atoms with Gasteiger partial charge in [-0.15, -0.1) is 0 Å². The van der Waals surface area contributed by atoms with E-state index in [1.807, 2.05) is 12.1 Å². The van der Waals surface area contributed by atoms with E-state index < -0.39 is 0 Å². The van der Waals surface area contributed by atoms with Crippen molar-refractivity contribution in [3.8, 4) is 5.75 Å². The van der Waals surface area contributed by atoms with Crippen LogP contribution in [0.4, 0.5) is 0 Å². The van der Waals surface area contributed by atoms with Gasteiger partial charge in [0.25, 0.3) is 0 Å². The maximum atomic E-state index is 5.49. The molecule has 118 valence electrons. The highest BCUT2D eigenvalue weighted by atomic mass is 79.9. The molecule has 0 saturated carbocycles. The number of benzene rings is 1. The van der Waals surface area contributed by atoms with Gasteiger partial charge in [0.2, 0.25) is 0 Å². The van der Waals surface area contributed by atoms with Crippen LogP contribution in [0.5, 0.6) is 5.75 Å². The van der Waals surface area contributed by atoms with Crippen molar-refractivity contribution < 1.29 is 4.74 Å². The van der Waals surface area contributed by atoms with Gasteiger partial charge in [-0.1, -0.05) is 29.8 Å². The summed E-state index contributed by atoms with van der Waals surface area (Å²) in [4.78, 5) is 2.56. The van der Waals surface area contributed by atoms with Gasteiger partial charge in [0, 0.05) is 29.2 Å². The number of rotatable bonds is 6. The van der Waals surface area contributed by atoms with E-state index >= 15 is 0 Å². The number of piperidine rings is 1. The fraction of sp³-hybridized carbons (Fsp3) is 0.647. The zero-order valence-electron chi connectivity index (χ0n) is 13.4. The zero-order chi connectivity index (χ0) is 15.2. The Labute approximate surface area is 137 Å². The third kappa shape index (κ3) is 5.28. The summed E-state index contributed by atoms with van der Waals surface area (Å²) in [5.74, 6) is 1.75. The minimum absolute atomic E-state index is 0.575. The smallest absolute Gasteiger partial charge is 0.123 e. The molecule has 3 nitrogen and oxygen atoms in total. The highest BCUT2D eigenvalue weighted by Gasteiger charge is 2.21.